The molecule has 1 heterocycles. The Labute approximate surface area is 167 Å². The second kappa shape index (κ2) is 8.73. The van der Waals surface area contributed by atoms with Crippen LogP contribution in [0.2, 0.25) is 0 Å². The summed E-state index contributed by atoms with van der Waals surface area (Å²) in [6.07, 6.45) is -3.79. The minimum Gasteiger partial charge on any atom is -0.493 e. The number of carbonyl (C=O) groups excluding carboxylic acids is 1. The van der Waals surface area contributed by atoms with Crippen molar-refractivity contribution >= 4 is 5.91 Å². The number of carbonyl (C=O) groups is 1. The molecular formula is C21H23F3N2O3. The fourth-order valence-corrected chi connectivity index (χ4v) is 3.63. The summed E-state index contributed by atoms with van der Waals surface area (Å²) in [4.78, 5) is 14.1. The summed E-state index contributed by atoms with van der Waals surface area (Å²) in [5, 5.41) is 1.96. The van der Waals surface area contributed by atoms with Crippen molar-refractivity contribution in [2.45, 2.75) is 18.6 Å². The molecule has 0 aromatic heterocycles. The molecule has 5 nitrogen and oxygen atoms in total. The summed E-state index contributed by atoms with van der Waals surface area (Å²) in [6.45, 7) is -0.942. The maximum atomic E-state index is 12.4. The molecule has 0 aliphatic carbocycles. The van der Waals surface area contributed by atoms with E-state index >= 15 is 0 Å². The monoisotopic (exact) mass is 408 g/mol. The zero-order chi connectivity index (χ0) is 21.0. The number of methoxy groups -OCH3 is 2. The number of benzene rings is 2. The van der Waals surface area contributed by atoms with Crippen LogP contribution in [0.15, 0.2) is 42.5 Å². The second-order valence-electron chi connectivity index (χ2n) is 6.83. The molecule has 8 heteroatoms. The average molecular weight is 408 g/mol. The van der Waals surface area contributed by atoms with Crippen LogP contribution in [-0.2, 0) is 11.2 Å². The van der Waals surface area contributed by atoms with Crippen molar-refractivity contribution in [3.05, 3.63) is 59.2 Å². The van der Waals surface area contributed by atoms with Gasteiger partial charge in [-0.2, -0.15) is 13.2 Å². The van der Waals surface area contributed by atoms with Gasteiger partial charge in [-0.15, -0.1) is 0 Å². The Morgan fingerprint density at radius 1 is 1.14 bits per heavy atom. The number of nitrogens with zero attached hydrogens (tertiary/aromatic N) is 1. The van der Waals surface area contributed by atoms with Crippen molar-refractivity contribution in [3.8, 4) is 11.5 Å². The Balaban J connectivity index is 1.93. The van der Waals surface area contributed by atoms with Crippen LogP contribution in [0.4, 0.5) is 13.2 Å². The van der Waals surface area contributed by atoms with Gasteiger partial charge in [0.25, 0.3) is 0 Å². The molecule has 1 unspecified atom stereocenters. The van der Waals surface area contributed by atoms with Gasteiger partial charge in [-0.25, -0.2) is 0 Å². The quantitative estimate of drug-likeness (QED) is 0.797. The Bertz CT molecular complexity index is 856. The van der Waals surface area contributed by atoms with E-state index in [1.54, 1.807) is 14.2 Å². The smallest absolute Gasteiger partial charge is 0.405 e. The fourth-order valence-electron chi connectivity index (χ4n) is 3.63. The third kappa shape index (κ3) is 5.00. The molecule has 0 radical (unpaired) electrons. The lowest BCUT2D eigenvalue weighted by Gasteiger charge is -2.37. The van der Waals surface area contributed by atoms with Crippen molar-refractivity contribution in [2.75, 3.05) is 33.9 Å². The van der Waals surface area contributed by atoms with E-state index in [-0.39, 0.29) is 12.6 Å². The molecule has 0 saturated carbocycles. The van der Waals surface area contributed by atoms with Crippen LogP contribution in [0.3, 0.4) is 0 Å². The molecule has 2 aromatic carbocycles. The standard InChI is InChI=1S/C21H23F3N2O3/c1-28-17-10-15-8-9-26(12-19(27)25-13-21(22,23)24)20(14-6-4-3-5-7-14)16(15)11-18(17)29-2/h3-7,10-11,20H,8-9,12-13H2,1-2H3,(H,25,27). The number of rotatable bonds is 6. The van der Waals surface area contributed by atoms with Crippen molar-refractivity contribution in [3.63, 3.8) is 0 Å². The maximum Gasteiger partial charge on any atom is 0.405 e. The van der Waals surface area contributed by atoms with Gasteiger partial charge >= 0.3 is 6.18 Å². The third-order valence-electron chi connectivity index (χ3n) is 4.92. The average Bonchev–Trinajstić information content (AvgIpc) is 2.71. The molecule has 0 fully saturated rings. The zero-order valence-electron chi connectivity index (χ0n) is 16.3. The number of ether oxygens (including phenoxy) is 2. The highest BCUT2D eigenvalue weighted by Crippen LogP contribution is 2.40. The molecule has 0 spiro atoms. The second-order valence-corrected chi connectivity index (χ2v) is 6.83. The van der Waals surface area contributed by atoms with Gasteiger partial charge in [-0.05, 0) is 35.2 Å². The minimum absolute atomic E-state index is 0.135. The van der Waals surface area contributed by atoms with Gasteiger partial charge < -0.3 is 14.8 Å². The topological polar surface area (TPSA) is 50.8 Å². The summed E-state index contributed by atoms with van der Waals surface area (Å²) in [5.74, 6) is 0.525. The van der Waals surface area contributed by atoms with E-state index in [1.807, 2.05) is 52.7 Å². The van der Waals surface area contributed by atoms with E-state index in [0.29, 0.717) is 24.5 Å². The lowest BCUT2D eigenvalue weighted by Crippen LogP contribution is -2.45. The molecule has 2 aromatic rings. The molecule has 3 rings (SSSR count). The van der Waals surface area contributed by atoms with Crippen LogP contribution in [0.5, 0.6) is 11.5 Å². The maximum absolute atomic E-state index is 12.4. The van der Waals surface area contributed by atoms with Gasteiger partial charge in [0, 0.05) is 6.54 Å². The van der Waals surface area contributed by atoms with Gasteiger partial charge in [0.1, 0.15) is 6.54 Å². The van der Waals surface area contributed by atoms with Crippen molar-refractivity contribution in [1.29, 1.82) is 0 Å². The van der Waals surface area contributed by atoms with E-state index in [0.717, 1.165) is 16.7 Å². The molecule has 156 valence electrons. The first kappa shape index (κ1) is 21.0. The molecule has 1 N–H and O–H groups in total. The van der Waals surface area contributed by atoms with Crippen LogP contribution in [0.25, 0.3) is 0 Å². The van der Waals surface area contributed by atoms with Crippen LogP contribution in [0, 0.1) is 0 Å². The third-order valence-corrected chi connectivity index (χ3v) is 4.92. The van der Waals surface area contributed by atoms with Gasteiger partial charge in [-0.3, -0.25) is 9.69 Å². The number of hydrogen-bond donors (Lipinski definition) is 1. The van der Waals surface area contributed by atoms with Crippen LogP contribution in [-0.4, -0.2) is 50.8 Å². The summed E-state index contributed by atoms with van der Waals surface area (Å²) >= 11 is 0. The highest BCUT2D eigenvalue weighted by molar-refractivity contribution is 5.78. The molecule has 1 aliphatic rings. The van der Waals surface area contributed by atoms with Gasteiger partial charge in [0.05, 0.1) is 26.8 Å². The van der Waals surface area contributed by atoms with Crippen molar-refractivity contribution in [2.24, 2.45) is 0 Å². The number of halogens is 3. The normalized spacial score (nSPS) is 16.8. The number of hydrogen-bond acceptors (Lipinski definition) is 4. The lowest BCUT2D eigenvalue weighted by molar-refractivity contribution is -0.139. The largest absolute Gasteiger partial charge is 0.493 e. The van der Waals surface area contributed by atoms with Crippen LogP contribution in [0.1, 0.15) is 22.7 Å². The molecule has 29 heavy (non-hydrogen) atoms. The molecule has 1 amide bonds. The lowest BCUT2D eigenvalue weighted by atomic mass is 9.87. The SMILES string of the molecule is COc1cc2c(cc1OC)C(c1ccccc1)N(CC(=O)NCC(F)(F)F)CC2. The Hall–Kier alpha value is -2.74. The molecular weight excluding hydrogens is 385 g/mol. The van der Waals surface area contributed by atoms with Crippen LogP contribution < -0.4 is 14.8 Å². The van der Waals surface area contributed by atoms with Gasteiger partial charge in [0.15, 0.2) is 11.5 Å². The minimum atomic E-state index is -4.44. The predicted molar refractivity (Wildman–Crippen MR) is 102 cm³/mol. The first-order chi connectivity index (χ1) is 13.8. The first-order valence-corrected chi connectivity index (χ1v) is 9.19. The molecule has 1 aliphatic heterocycles. The highest BCUT2D eigenvalue weighted by Gasteiger charge is 2.33. The van der Waals surface area contributed by atoms with E-state index in [9.17, 15) is 18.0 Å². The van der Waals surface area contributed by atoms with Crippen LogP contribution >= 0.6 is 0 Å². The van der Waals surface area contributed by atoms with E-state index in [4.69, 9.17) is 9.47 Å². The summed E-state index contributed by atoms with van der Waals surface area (Å²) in [5.41, 5.74) is 2.96. The first-order valence-electron chi connectivity index (χ1n) is 9.19. The van der Waals surface area contributed by atoms with Crippen molar-refractivity contribution in [1.82, 2.24) is 10.2 Å². The number of alkyl halides is 3. The zero-order valence-corrected chi connectivity index (χ0v) is 16.3. The Morgan fingerprint density at radius 2 is 1.79 bits per heavy atom. The van der Waals surface area contributed by atoms with Crippen molar-refractivity contribution < 1.29 is 27.4 Å². The molecule has 0 saturated heterocycles. The summed E-state index contributed by atoms with van der Waals surface area (Å²) in [7, 11) is 3.12. The summed E-state index contributed by atoms with van der Waals surface area (Å²) < 4.78 is 48.1. The highest BCUT2D eigenvalue weighted by atomic mass is 19.4. The van der Waals surface area contributed by atoms with E-state index in [1.165, 1.54) is 0 Å². The summed E-state index contributed by atoms with van der Waals surface area (Å²) in [6, 6.07) is 13.1. The molecule has 1 atom stereocenters. The Kier molecular flexibility index (Phi) is 6.32. The number of amides is 1. The van der Waals surface area contributed by atoms with Gasteiger partial charge in [-0.1, -0.05) is 30.3 Å². The Morgan fingerprint density at radius 3 is 2.41 bits per heavy atom. The number of fused-ring (bicyclic) bond motifs is 1. The molecule has 0 bridgehead atoms. The fraction of sp³-hybridized carbons (Fsp3) is 0.381. The van der Waals surface area contributed by atoms with E-state index < -0.39 is 18.6 Å². The van der Waals surface area contributed by atoms with E-state index in [2.05, 4.69) is 0 Å². The number of nitrogens with one attached hydrogen (secondary N) is 1. The van der Waals surface area contributed by atoms with Gasteiger partial charge in [0.2, 0.25) is 5.91 Å². The predicted octanol–water partition coefficient (Wildman–Crippen LogP) is 3.33.